The van der Waals surface area contributed by atoms with Gasteiger partial charge < -0.3 is 10.8 Å². The number of hydrogen-bond acceptors (Lipinski definition) is 7. The normalized spacial score (nSPS) is 12.6. The number of aromatic nitrogens is 2. The van der Waals surface area contributed by atoms with E-state index in [-0.39, 0.29) is 33.9 Å². The highest BCUT2D eigenvalue weighted by Gasteiger charge is 2.39. The fourth-order valence-electron chi connectivity index (χ4n) is 4.38. The molecule has 5 N–H and O–H groups in total. The van der Waals surface area contributed by atoms with Gasteiger partial charge in [-0.15, -0.1) is 0 Å². The first-order chi connectivity index (χ1) is 19.6. The van der Waals surface area contributed by atoms with Crippen LogP contribution >= 0.6 is 23.2 Å². The Morgan fingerprint density at radius 3 is 2.26 bits per heavy atom. The molecule has 4 aromatic rings. The van der Waals surface area contributed by atoms with Crippen LogP contribution in [0.4, 0.5) is 23.2 Å². The van der Waals surface area contributed by atoms with Crippen molar-refractivity contribution in [2.45, 2.75) is 24.6 Å². The van der Waals surface area contributed by atoms with Crippen LogP contribution in [0.25, 0.3) is 22.5 Å². The van der Waals surface area contributed by atoms with E-state index in [2.05, 4.69) is 4.98 Å². The summed E-state index contributed by atoms with van der Waals surface area (Å²) in [7, 11) is -3.96. The lowest BCUT2D eigenvalue weighted by molar-refractivity contribution is -0.140. The summed E-state index contributed by atoms with van der Waals surface area (Å²) in [6.45, 7) is 0.466. The molecule has 8 nitrogen and oxygen atoms in total. The maximum atomic E-state index is 15.0. The molecule has 0 aliphatic heterocycles. The summed E-state index contributed by atoms with van der Waals surface area (Å²) in [5.41, 5.74) is 5.31. The highest BCUT2D eigenvalue weighted by atomic mass is 35.5. The molecule has 15 heteroatoms. The highest BCUT2D eigenvalue weighted by molar-refractivity contribution is 7.90. The number of anilines is 1. The Morgan fingerprint density at radius 1 is 1.10 bits per heavy atom. The van der Waals surface area contributed by atoms with Gasteiger partial charge >= 0.3 is 6.18 Å². The van der Waals surface area contributed by atoms with Gasteiger partial charge in [-0.25, -0.2) is 23.6 Å². The Hall–Kier alpha value is -3.62. The van der Waals surface area contributed by atoms with Crippen LogP contribution in [0.15, 0.2) is 65.7 Å². The smallest absolute Gasteiger partial charge is 0.403 e. The second kappa shape index (κ2) is 11.6. The molecule has 0 radical (unpaired) electrons. The van der Waals surface area contributed by atoms with Crippen molar-refractivity contribution in [1.29, 1.82) is 0 Å². The number of benzene rings is 3. The van der Waals surface area contributed by atoms with Crippen LogP contribution in [-0.2, 0) is 22.6 Å². The van der Waals surface area contributed by atoms with Crippen molar-refractivity contribution in [3.63, 3.8) is 0 Å². The number of aliphatic hydroxyl groups is 1. The molecule has 1 aromatic heterocycles. The highest BCUT2D eigenvalue weighted by Crippen LogP contribution is 2.39. The standard InChI is InChI=1S/C27H23Cl2F4N5O3S/c1-14-36-25(27(31,32)33)26(29)37(14)22-8-3-15(16-10-21(30)20(13-39)24(11-16)42(2,40)41)9-19(22)23(12-34)38(35)18-6-4-17(28)5-7-18/h3-12,39H,13,34-35H2,1-2H3/b23-12-. The molecule has 3 aromatic carbocycles. The Labute approximate surface area is 248 Å². The largest absolute Gasteiger partial charge is 0.436 e. The van der Waals surface area contributed by atoms with Gasteiger partial charge in [0.1, 0.15) is 16.8 Å². The Morgan fingerprint density at radius 2 is 1.74 bits per heavy atom. The summed E-state index contributed by atoms with van der Waals surface area (Å²) in [5, 5.41) is 10.4. The predicted molar refractivity (Wildman–Crippen MR) is 153 cm³/mol. The number of aryl methyl sites for hydroxylation is 1. The van der Waals surface area contributed by atoms with Crippen molar-refractivity contribution >= 4 is 44.4 Å². The Balaban J connectivity index is 2.02. The fraction of sp³-hybridized carbons (Fsp3) is 0.148. The molecule has 4 rings (SSSR count). The quantitative estimate of drug-likeness (QED) is 0.131. The van der Waals surface area contributed by atoms with Crippen molar-refractivity contribution in [1.82, 2.24) is 9.55 Å². The second-order valence-corrected chi connectivity index (χ2v) is 11.9. The first-order valence-corrected chi connectivity index (χ1v) is 14.6. The van der Waals surface area contributed by atoms with Crippen LogP contribution in [0.5, 0.6) is 0 Å². The zero-order valence-electron chi connectivity index (χ0n) is 21.9. The number of nitrogens with zero attached hydrogens (tertiary/aromatic N) is 3. The number of rotatable bonds is 7. The minimum atomic E-state index is -4.85. The molecule has 0 aliphatic carbocycles. The van der Waals surface area contributed by atoms with E-state index in [1.165, 1.54) is 31.2 Å². The average Bonchev–Trinajstić information content (AvgIpc) is 3.22. The third-order valence-electron chi connectivity index (χ3n) is 6.34. The Bertz CT molecular complexity index is 1810. The van der Waals surface area contributed by atoms with E-state index in [0.29, 0.717) is 10.7 Å². The van der Waals surface area contributed by atoms with Gasteiger partial charge in [0.15, 0.2) is 15.5 Å². The van der Waals surface area contributed by atoms with Crippen molar-refractivity contribution in [3.05, 3.63) is 99.4 Å². The number of alkyl halides is 3. The van der Waals surface area contributed by atoms with Gasteiger partial charge in [0.2, 0.25) is 0 Å². The van der Waals surface area contributed by atoms with Gasteiger partial charge in [0, 0.05) is 28.6 Å². The molecular weight excluding hydrogens is 621 g/mol. The summed E-state index contributed by atoms with van der Waals surface area (Å²) < 4.78 is 81.7. The number of imidazole rings is 1. The summed E-state index contributed by atoms with van der Waals surface area (Å²) >= 11 is 12.2. The van der Waals surface area contributed by atoms with Crippen molar-refractivity contribution in [2.75, 3.05) is 11.3 Å². The maximum Gasteiger partial charge on any atom is 0.436 e. The van der Waals surface area contributed by atoms with E-state index in [0.717, 1.165) is 28.1 Å². The van der Waals surface area contributed by atoms with Crippen LogP contribution in [0.3, 0.4) is 0 Å². The third kappa shape index (κ3) is 5.96. The van der Waals surface area contributed by atoms with E-state index in [4.69, 9.17) is 34.8 Å². The summed E-state index contributed by atoms with van der Waals surface area (Å²) in [6.07, 6.45) is -2.87. The minimum Gasteiger partial charge on any atom is -0.403 e. The summed E-state index contributed by atoms with van der Waals surface area (Å²) in [5.74, 6) is 5.32. The number of halogens is 6. The van der Waals surface area contributed by atoms with E-state index in [1.807, 2.05) is 0 Å². The summed E-state index contributed by atoms with van der Waals surface area (Å²) in [6, 6.07) is 12.8. The Kier molecular flexibility index (Phi) is 8.63. The molecule has 0 unspecified atom stereocenters. The topological polar surface area (TPSA) is 127 Å². The first kappa shape index (κ1) is 31.3. The van der Waals surface area contributed by atoms with Crippen LogP contribution < -0.4 is 16.6 Å². The van der Waals surface area contributed by atoms with Gasteiger partial charge in [-0.05, 0) is 66.6 Å². The molecular formula is C27H23Cl2F4N5O3S. The predicted octanol–water partition coefficient (Wildman–Crippen LogP) is 5.85. The molecule has 42 heavy (non-hydrogen) atoms. The maximum absolute atomic E-state index is 15.0. The number of hydrogen-bond donors (Lipinski definition) is 3. The van der Waals surface area contributed by atoms with Crippen LogP contribution in [0, 0.1) is 12.7 Å². The van der Waals surface area contributed by atoms with Gasteiger partial charge in [0.05, 0.1) is 28.6 Å². The van der Waals surface area contributed by atoms with Crippen LogP contribution in [-0.4, -0.2) is 29.3 Å². The molecule has 0 aliphatic rings. The van der Waals surface area contributed by atoms with Crippen molar-refractivity contribution in [3.8, 4) is 16.8 Å². The molecule has 0 bridgehead atoms. The lowest BCUT2D eigenvalue weighted by Gasteiger charge is -2.25. The molecule has 0 saturated heterocycles. The fourth-order valence-corrected chi connectivity index (χ4v) is 5.82. The average molecular weight is 644 g/mol. The molecule has 0 fully saturated rings. The van der Waals surface area contributed by atoms with E-state index in [1.54, 1.807) is 24.3 Å². The minimum absolute atomic E-state index is 0.0844. The van der Waals surface area contributed by atoms with E-state index in [9.17, 15) is 31.1 Å². The first-order valence-electron chi connectivity index (χ1n) is 11.9. The SMILES string of the molecule is Cc1nc(C(F)(F)F)c(Cl)n1-c1ccc(-c2cc(F)c(CO)c(S(C)(=O)=O)c2)cc1/C(=C/N)N(N)c1ccc(Cl)cc1. The van der Waals surface area contributed by atoms with Gasteiger partial charge in [-0.3, -0.25) is 9.58 Å². The monoisotopic (exact) mass is 643 g/mol. The van der Waals surface area contributed by atoms with Crippen LogP contribution in [0.2, 0.25) is 10.2 Å². The van der Waals surface area contributed by atoms with Crippen molar-refractivity contribution < 1.29 is 31.1 Å². The second-order valence-electron chi connectivity index (χ2n) is 9.13. The molecule has 0 amide bonds. The molecule has 0 atom stereocenters. The van der Waals surface area contributed by atoms with Crippen molar-refractivity contribution in [2.24, 2.45) is 11.6 Å². The number of hydrazine groups is 1. The van der Waals surface area contributed by atoms with Gasteiger partial charge in [-0.1, -0.05) is 29.3 Å². The lowest BCUT2D eigenvalue weighted by atomic mass is 9.98. The van der Waals surface area contributed by atoms with E-state index < -0.39 is 49.7 Å². The van der Waals surface area contributed by atoms with Crippen LogP contribution in [0.1, 0.15) is 22.6 Å². The number of aliphatic hydroxyl groups excluding tert-OH is 1. The zero-order chi connectivity index (χ0) is 31.1. The lowest BCUT2D eigenvalue weighted by Crippen LogP contribution is -2.30. The molecule has 0 spiro atoms. The number of sulfone groups is 1. The number of nitrogens with two attached hydrogens (primary N) is 2. The molecule has 0 saturated carbocycles. The zero-order valence-corrected chi connectivity index (χ0v) is 24.2. The van der Waals surface area contributed by atoms with E-state index >= 15 is 0 Å². The molecule has 222 valence electrons. The third-order valence-corrected chi connectivity index (χ3v) is 8.10. The molecule has 1 heterocycles. The van der Waals surface area contributed by atoms with Gasteiger partial charge in [0.25, 0.3) is 0 Å². The summed E-state index contributed by atoms with van der Waals surface area (Å²) in [4.78, 5) is 3.18. The van der Waals surface area contributed by atoms with Gasteiger partial charge in [-0.2, -0.15) is 13.2 Å².